The van der Waals surface area contributed by atoms with Crippen molar-refractivity contribution in [3.63, 3.8) is 0 Å². The normalized spacial score (nSPS) is 12.0. The first-order valence-corrected chi connectivity index (χ1v) is 15.9. The average molecular weight is 737 g/mol. The smallest absolute Gasteiger partial charge is 0.490 e. The van der Waals surface area contributed by atoms with E-state index in [-0.39, 0.29) is 33.4 Å². The summed E-state index contributed by atoms with van der Waals surface area (Å²) in [6.07, 6.45) is -2.03. The summed E-state index contributed by atoms with van der Waals surface area (Å²) in [5.41, 5.74) is -6.73. The Morgan fingerprint density at radius 3 is 1.53 bits per heavy atom. The fraction of sp³-hybridized carbons (Fsp3) is 0.212. The SMILES string of the molecule is C[N+](C)(C)c1ccccc1.O=C(O)c1cc(=O)c2c(OCC(COc3cccc4oc(C(=O)O)cc(=O)c34)OS(=O)(=O)C(F)(F)F)cccc2o1. The Morgan fingerprint density at radius 1 is 0.745 bits per heavy atom. The van der Waals surface area contributed by atoms with Gasteiger partial charge in [-0.1, -0.05) is 30.3 Å². The van der Waals surface area contributed by atoms with Crippen LogP contribution in [0.15, 0.2) is 97.3 Å². The zero-order chi connectivity index (χ0) is 37.7. The number of rotatable bonds is 11. The van der Waals surface area contributed by atoms with E-state index in [2.05, 4.69) is 49.6 Å². The minimum absolute atomic E-state index is 0.243. The number of quaternary nitrogens is 1. The number of alkyl halides is 3. The first kappa shape index (κ1) is 38.1. The molecule has 2 aromatic heterocycles. The van der Waals surface area contributed by atoms with Crippen molar-refractivity contribution in [1.82, 2.24) is 4.48 Å². The van der Waals surface area contributed by atoms with Crippen LogP contribution in [-0.2, 0) is 14.3 Å². The largest absolute Gasteiger partial charge is 0.523 e. The molecule has 0 atom stereocenters. The van der Waals surface area contributed by atoms with Gasteiger partial charge < -0.3 is 28.5 Å². The number of carboxylic acid groups (broad SMARTS) is 2. The summed E-state index contributed by atoms with van der Waals surface area (Å²) >= 11 is 0. The van der Waals surface area contributed by atoms with E-state index in [0.29, 0.717) is 12.1 Å². The number of nitrogens with zero attached hydrogens (tertiary/aromatic N) is 1. The van der Waals surface area contributed by atoms with Crippen molar-refractivity contribution < 1.29 is 63.9 Å². The van der Waals surface area contributed by atoms with Gasteiger partial charge in [-0.25, -0.2) is 9.59 Å². The van der Waals surface area contributed by atoms with Crippen LogP contribution in [0.2, 0.25) is 0 Å². The van der Waals surface area contributed by atoms with Gasteiger partial charge in [0.1, 0.15) is 58.4 Å². The van der Waals surface area contributed by atoms with E-state index in [0.717, 1.165) is 4.48 Å². The Bertz CT molecular complexity index is 2180. The molecule has 5 aromatic rings. The predicted molar refractivity (Wildman–Crippen MR) is 176 cm³/mol. The van der Waals surface area contributed by atoms with Gasteiger partial charge in [-0.2, -0.15) is 21.6 Å². The number of aromatic carboxylic acids is 2. The topological polar surface area (TPSA) is 197 Å². The van der Waals surface area contributed by atoms with Gasteiger partial charge in [-0.3, -0.25) is 18.3 Å². The molecule has 14 nitrogen and oxygen atoms in total. The van der Waals surface area contributed by atoms with Gasteiger partial charge in [0, 0.05) is 12.1 Å². The number of halogens is 3. The average Bonchev–Trinajstić information content (AvgIpc) is 3.05. The van der Waals surface area contributed by atoms with E-state index in [4.69, 9.17) is 28.5 Å². The fourth-order valence-electron chi connectivity index (χ4n) is 4.39. The lowest BCUT2D eigenvalue weighted by atomic mass is 10.2. The van der Waals surface area contributed by atoms with Crippen molar-refractivity contribution in [3.8, 4) is 11.5 Å². The third-order valence-electron chi connectivity index (χ3n) is 6.78. The van der Waals surface area contributed by atoms with E-state index >= 15 is 0 Å². The molecule has 0 saturated heterocycles. The number of hydrogen-bond acceptors (Lipinski definition) is 11. The maximum atomic E-state index is 13.1. The zero-order valence-electron chi connectivity index (χ0n) is 26.9. The van der Waals surface area contributed by atoms with Crippen LogP contribution in [-0.4, -0.2) is 76.5 Å². The van der Waals surface area contributed by atoms with Crippen LogP contribution >= 0.6 is 0 Å². The molecular weight excluding hydrogens is 707 g/mol. The molecule has 0 amide bonds. The number of para-hydroxylation sites is 1. The molecule has 0 fully saturated rings. The number of carboxylic acids is 2. The summed E-state index contributed by atoms with van der Waals surface area (Å²) < 4.78 is 88.7. The highest BCUT2D eigenvalue weighted by atomic mass is 32.2. The van der Waals surface area contributed by atoms with E-state index in [1.54, 1.807) is 0 Å². The molecule has 0 bridgehead atoms. The highest BCUT2D eigenvalue weighted by molar-refractivity contribution is 7.87. The van der Waals surface area contributed by atoms with Crippen LogP contribution in [0.25, 0.3) is 21.9 Å². The first-order chi connectivity index (χ1) is 23.8. The lowest BCUT2D eigenvalue weighted by Gasteiger charge is -2.22. The quantitative estimate of drug-likeness (QED) is 0.106. The highest BCUT2D eigenvalue weighted by Crippen LogP contribution is 2.29. The molecule has 270 valence electrons. The number of carbonyl (C=O) groups is 2. The van der Waals surface area contributed by atoms with Crippen LogP contribution in [0.1, 0.15) is 21.1 Å². The van der Waals surface area contributed by atoms with Crippen LogP contribution in [0.3, 0.4) is 0 Å². The summed E-state index contributed by atoms with van der Waals surface area (Å²) in [6, 6.07) is 19.1. The molecule has 5 rings (SSSR count). The predicted octanol–water partition coefficient (Wildman–Crippen LogP) is 4.87. The van der Waals surface area contributed by atoms with Gasteiger partial charge in [-0.05, 0) is 36.4 Å². The van der Waals surface area contributed by atoms with Crippen molar-refractivity contribution in [2.45, 2.75) is 11.6 Å². The summed E-state index contributed by atoms with van der Waals surface area (Å²) in [7, 11) is 0.298. The Kier molecular flexibility index (Phi) is 11.2. The van der Waals surface area contributed by atoms with E-state index < -0.39 is 69.3 Å². The minimum Gasteiger partial charge on any atom is -0.490 e. The Labute approximate surface area is 286 Å². The lowest BCUT2D eigenvalue weighted by molar-refractivity contribution is -0.0603. The fourth-order valence-corrected chi connectivity index (χ4v) is 4.96. The van der Waals surface area contributed by atoms with Crippen molar-refractivity contribution in [2.75, 3.05) is 34.4 Å². The Hall–Kier alpha value is -5.72. The molecule has 3 aromatic carbocycles. The maximum Gasteiger partial charge on any atom is 0.523 e. The van der Waals surface area contributed by atoms with Gasteiger partial charge in [-0.15, -0.1) is 0 Å². The van der Waals surface area contributed by atoms with E-state index in [1.165, 1.54) is 42.1 Å². The highest BCUT2D eigenvalue weighted by Gasteiger charge is 2.49. The summed E-state index contributed by atoms with van der Waals surface area (Å²) in [4.78, 5) is 47.3. The molecule has 0 saturated carbocycles. The van der Waals surface area contributed by atoms with Crippen molar-refractivity contribution in [2.24, 2.45) is 0 Å². The molecule has 0 unspecified atom stereocenters. The number of ether oxygens (including phenoxy) is 2. The van der Waals surface area contributed by atoms with Gasteiger partial charge in [0.25, 0.3) is 0 Å². The third kappa shape index (κ3) is 9.30. The molecule has 51 heavy (non-hydrogen) atoms. The van der Waals surface area contributed by atoms with Crippen LogP contribution in [0.5, 0.6) is 11.5 Å². The summed E-state index contributed by atoms with van der Waals surface area (Å²) in [6.45, 7) is -1.92. The summed E-state index contributed by atoms with van der Waals surface area (Å²) in [5, 5.41) is 17.5. The van der Waals surface area contributed by atoms with E-state index in [1.807, 2.05) is 6.07 Å². The summed E-state index contributed by atoms with van der Waals surface area (Å²) in [5.74, 6) is -5.09. The number of fused-ring (bicyclic) bond motifs is 2. The van der Waals surface area contributed by atoms with Crippen molar-refractivity contribution in [1.29, 1.82) is 0 Å². The minimum atomic E-state index is -6.19. The lowest BCUT2D eigenvalue weighted by Crippen LogP contribution is -2.36. The molecule has 2 N–H and O–H groups in total. The maximum absolute atomic E-state index is 13.1. The second kappa shape index (κ2) is 15.0. The van der Waals surface area contributed by atoms with Crippen molar-refractivity contribution >= 4 is 49.7 Å². The number of benzene rings is 3. The molecule has 0 aliphatic carbocycles. The van der Waals surface area contributed by atoms with Crippen LogP contribution < -0.4 is 24.8 Å². The van der Waals surface area contributed by atoms with Gasteiger partial charge in [0.15, 0.2) is 10.9 Å². The van der Waals surface area contributed by atoms with Gasteiger partial charge in [0.2, 0.25) is 11.5 Å². The standard InChI is InChI=1S/C24H15F3O13S.C9H14N/c25-24(26,27)41(34,35)40-11(9-36-14-3-1-5-16-20(14)12(28)7-18(38-16)22(30)31)10-37-15-4-2-6-17-21(15)13(29)8-19(39-17)23(32)33;1-10(2,3)9-7-5-4-6-8-9/h1-8,11H,9-10H2,(H,30,31)(H,32,33);4-8H,1-3H3/q;+1. The van der Waals surface area contributed by atoms with Crippen LogP contribution in [0.4, 0.5) is 18.9 Å². The second-order valence-electron chi connectivity index (χ2n) is 11.4. The Morgan fingerprint density at radius 2 is 1.18 bits per heavy atom. The molecule has 2 heterocycles. The molecule has 0 aliphatic rings. The van der Waals surface area contributed by atoms with Gasteiger partial charge in [0.05, 0.1) is 21.1 Å². The monoisotopic (exact) mass is 736 g/mol. The molecule has 0 aliphatic heterocycles. The van der Waals surface area contributed by atoms with E-state index in [9.17, 15) is 40.8 Å². The molecular formula is C33H29F3NO13S+. The third-order valence-corrected chi connectivity index (χ3v) is 7.87. The second-order valence-corrected chi connectivity index (χ2v) is 13.0. The molecule has 0 spiro atoms. The first-order valence-electron chi connectivity index (χ1n) is 14.5. The molecule has 0 radical (unpaired) electrons. The Balaban J connectivity index is 0.000000502. The van der Waals surface area contributed by atoms with Crippen LogP contribution in [0, 0.1) is 0 Å². The number of hydrogen-bond donors (Lipinski definition) is 2. The molecule has 18 heteroatoms. The van der Waals surface area contributed by atoms with Gasteiger partial charge >= 0.3 is 27.6 Å². The van der Waals surface area contributed by atoms with Crippen molar-refractivity contribution in [3.05, 3.63) is 111 Å². The zero-order valence-corrected chi connectivity index (χ0v) is 27.7.